The number of nitrogens with one attached hydrogen (secondary N) is 1. The van der Waals surface area contributed by atoms with Crippen molar-refractivity contribution in [3.63, 3.8) is 0 Å². The number of hydrogen-bond acceptors (Lipinski definition) is 5. The number of hydrogen-bond donors (Lipinski definition) is 1. The third-order valence-electron chi connectivity index (χ3n) is 1.84. The minimum atomic E-state index is -0.499. The Morgan fingerprint density at radius 3 is 2.88 bits per heavy atom. The maximum absolute atomic E-state index is 11.7. The van der Waals surface area contributed by atoms with E-state index in [0.29, 0.717) is 0 Å². The first-order valence-corrected chi connectivity index (χ1v) is 5.49. The molecule has 0 spiro atoms. The van der Waals surface area contributed by atoms with Crippen molar-refractivity contribution in [2.75, 3.05) is 5.43 Å². The molecule has 0 unspecified atom stereocenters. The standard InChI is InChI=1S/C10H7N5OS/c11-5-8(4-9-2-1-3-17-9)10(16)14-15-6-12-13-7-15/h1-4,6-7H,(H,14,16). The van der Waals surface area contributed by atoms with Crippen LogP contribution in [-0.2, 0) is 4.79 Å². The van der Waals surface area contributed by atoms with Crippen molar-refractivity contribution in [3.05, 3.63) is 40.6 Å². The van der Waals surface area contributed by atoms with Gasteiger partial charge in [0.05, 0.1) is 0 Å². The second-order valence-electron chi connectivity index (χ2n) is 3.00. The van der Waals surface area contributed by atoms with Gasteiger partial charge in [0.2, 0.25) is 0 Å². The first-order chi connectivity index (χ1) is 8.29. The predicted octanol–water partition coefficient (Wildman–Crippen LogP) is 1.02. The molecule has 1 N–H and O–H groups in total. The van der Waals surface area contributed by atoms with E-state index in [9.17, 15) is 4.79 Å². The predicted molar refractivity (Wildman–Crippen MR) is 62.3 cm³/mol. The SMILES string of the molecule is N#CC(=Cc1cccs1)C(=O)Nn1cnnc1. The smallest absolute Gasteiger partial charge is 0.267 e. The molecule has 0 bridgehead atoms. The summed E-state index contributed by atoms with van der Waals surface area (Å²) in [5.74, 6) is -0.499. The quantitative estimate of drug-likeness (QED) is 0.646. The van der Waals surface area contributed by atoms with Crippen LogP contribution in [0.5, 0.6) is 0 Å². The maximum atomic E-state index is 11.7. The molecule has 2 rings (SSSR count). The normalized spacial score (nSPS) is 10.9. The van der Waals surface area contributed by atoms with Crippen LogP contribution in [0.1, 0.15) is 4.88 Å². The van der Waals surface area contributed by atoms with Crippen LogP contribution in [-0.4, -0.2) is 20.8 Å². The van der Waals surface area contributed by atoms with E-state index in [1.54, 1.807) is 0 Å². The highest BCUT2D eigenvalue weighted by atomic mass is 32.1. The molecule has 84 valence electrons. The van der Waals surface area contributed by atoms with Gasteiger partial charge in [-0.1, -0.05) is 6.07 Å². The third-order valence-corrected chi connectivity index (χ3v) is 2.66. The highest BCUT2D eigenvalue weighted by Crippen LogP contribution is 2.13. The lowest BCUT2D eigenvalue weighted by molar-refractivity contribution is -0.113. The number of carbonyl (C=O) groups excluding carboxylic acids is 1. The average molecular weight is 245 g/mol. The number of nitriles is 1. The summed E-state index contributed by atoms with van der Waals surface area (Å²) in [5.41, 5.74) is 2.48. The van der Waals surface area contributed by atoms with Gasteiger partial charge in [0.15, 0.2) is 0 Å². The van der Waals surface area contributed by atoms with Gasteiger partial charge in [0.1, 0.15) is 24.3 Å². The van der Waals surface area contributed by atoms with E-state index < -0.39 is 5.91 Å². The van der Waals surface area contributed by atoms with Gasteiger partial charge in [-0.15, -0.1) is 21.5 Å². The number of nitrogens with zero attached hydrogens (tertiary/aromatic N) is 4. The van der Waals surface area contributed by atoms with Crippen molar-refractivity contribution in [2.45, 2.75) is 0 Å². The second-order valence-corrected chi connectivity index (χ2v) is 3.97. The van der Waals surface area contributed by atoms with Crippen molar-refractivity contribution in [1.82, 2.24) is 14.9 Å². The van der Waals surface area contributed by atoms with Gasteiger partial charge >= 0.3 is 0 Å². The topological polar surface area (TPSA) is 83.6 Å². The Morgan fingerprint density at radius 1 is 1.53 bits per heavy atom. The molecule has 0 aliphatic rings. The summed E-state index contributed by atoms with van der Waals surface area (Å²) in [6.45, 7) is 0. The lowest BCUT2D eigenvalue weighted by Crippen LogP contribution is -2.22. The first-order valence-electron chi connectivity index (χ1n) is 4.61. The summed E-state index contributed by atoms with van der Waals surface area (Å²) < 4.78 is 1.28. The fourth-order valence-corrected chi connectivity index (χ4v) is 1.76. The van der Waals surface area contributed by atoms with Gasteiger partial charge in [-0.05, 0) is 17.5 Å². The number of aromatic nitrogens is 3. The van der Waals surface area contributed by atoms with Crippen LogP contribution in [0.2, 0.25) is 0 Å². The molecule has 2 aromatic rings. The highest BCUT2D eigenvalue weighted by molar-refractivity contribution is 7.10. The molecule has 0 saturated heterocycles. The van der Waals surface area contributed by atoms with Crippen molar-refractivity contribution in [1.29, 1.82) is 5.26 Å². The van der Waals surface area contributed by atoms with E-state index in [4.69, 9.17) is 5.26 Å². The second kappa shape index (κ2) is 5.05. The molecule has 2 heterocycles. The van der Waals surface area contributed by atoms with E-state index in [2.05, 4.69) is 15.6 Å². The lowest BCUT2D eigenvalue weighted by atomic mass is 10.2. The minimum absolute atomic E-state index is 0.0288. The van der Waals surface area contributed by atoms with Crippen molar-refractivity contribution in [3.8, 4) is 6.07 Å². The van der Waals surface area contributed by atoms with Gasteiger partial charge in [-0.25, -0.2) is 4.68 Å². The van der Waals surface area contributed by atoms with Gasteiger partial charge in [0, 0.05) is 4.88 Å². The van der Waals surface area contributed by atoms with Gasteiger partial charge in [-0.2, -0.15) is 5.26 Å². The Bertz CT molecular complexity index is 564. The Balaban J connectivity index is 2.14. The minimum Gasteiger partial charge on any atom is -0.267 e. The molecule has 1 amide bonds. The monoisotopic (exact) mass is 245 g/mol. The van der Waals surface area contributed by atoms with E-state index in [1.807, 2.05) is 23.6 Å². The zero-order valence-electron chi connectivity index (χ0n) is 8.57. The van der Waals surface area contributed by atoms with Crippen LogP contribution in [0.25, 0.3) is 6.08 Å². The van der Waals surface area contributed by atoms with E-state index in [-0.39, 0.29) is 5.57 Å². The fraction of sp³-hybridized carbons (Fsp3) is 0. The van der Waals surface area contributed by atoms with Crippen LogP contribution >= 0.6 is 11.3 Å². The van der Waals surface area contributed by atoms with Crippen LogP contribution in [0, 0.1) is 11.3 Å². The van der Waals surface area contributed by atoms with Crippen LogP contribution < -0.4 is 5.43 Å². The Kier molecular flexibility index (Phi) is 3.28. The molecule has 0 aliphatic carbocycles. The lowest BCUT2D eigenvalue weighted by Gasteiger charge is -2.02. The van der Waals surface area contributed by atoms with Gasteiger partial charge in [-0.3, -0.25) is 10.2 Å². The van der Waals surface area contributed by atoms with Crippen molar-refractivity contribution in [2.24, 2.45) is 0 Å². The Hall–Kier alpha value is -2.46. The summed E-state index contributed by atoms with van der Waals surface area (Å²) >= 11 is 1.45. The third kappa shape index (κ3) is 2.76. The summed E-state index contributed by atoms with van der Waals surface area (Å²) in [4.78, 5) is 12.5. The van der Waals surface area contributed by atoms with Crippen LogP contribution in [0.3, 0.4) is 0 Å². The molecule has 17 heavy (non-hydrogen) atoms. The van der Waals surface area contributed by atoms with Crippen LogP contribution in [0.15, 0.2) is 35.7 Å². The van der Waals surface area contributed by atoms with Crippen molar-refractivity contribution >= 4 is 23.3 Å². The summed E-state index contributed by atoms with van der Waals surface area (Å²) in [7, 11) is 0. The Morgan fingerprint density at radius 2 is 2.29 bits per heavy atom. The largest absolute Gasteiger partial charge is 0.280 e. The molecule has 0 aromatic carbocycles. The molecule has 0 atom stereocenters. The van der Waals surface area contributed by atoms with Gasteiger partial charge < -0.3 is 0 Å². The molecule has 0 saturated carbocycles. The summed E-state index contributed by atoms with van der Waals surface area (Å²) in [6, 6.07) is 5.53. The fourth-order valence-electron chi connectivity index (χ4n) is 1.10. The average Bonchev–Trinajstić information content (AvgIpc) is 2.97. The molecule has 0 radical (unpaired) electrons. The number of rotatable bonds is 3. The van der Waals surface area contributed by atoms with Gasteiger partial charge in [0.25, 0.3) is 5.91 Å². The molecule has 7 heteroatoms. The molecular weight excluding hydrogens is 238 g/mol. The number of amides is 1. The van der Waals surface area contributed by atoms with Crippen molar-refractivity contribution < 1.29 is 4.79 Å². The molecular formula is C10H7N5OS. The first kappa shape index (κ1) is 11.0. The zero-order valence-corrected chi connectivity index (χ0v) is 9.39. The molecule has 0 aliphatic heterocycles. The number of thiophene rings is 1. The Labute approximate surface area is 101 Å². The maximum Gasteiger partial charge on any atom is 0.280 e. The summed E-state index contributed by atoms with van der Waals surface area (Å²) in [6.07, 6.45) is 4.19. The van der Waals surface area contributed by atoms with E-state index >= 15 is 0 Å². The molecule has 2 aromatic heterocycles. The summed E-state index contributed by atoms with van der Waals surface area (Å²) in [5, 5.41) is 17.9. The zero-order chi connectivity index (χ0) is 12.1. The van der Waals surface area contributed by atoms with Crippen LogP contribution in [0.4, 0.5) is 0 Å². The molecule has 0 fully saturated rings. The highest BCUT2D eigenvalue weighted by Gasteiger charge is 2.09. The van der Waals surface area contributed by atoms with E-state index in [0.717, 1.165) is 4.88 Å². The number of carbonyl (C=O) groups is 1. The van der Waals surface area contributed by atoms with E-state index in [1.165, 1.54) is 34.7 Å². The molecule has 6 nitrogen and oxygen atoms in total.